The number of benzene rings is 1. The molecule has 1 aromatic heterocycles. The minimum Gasteiger partial charge on any atom is -0.444 e. The monoisotopic (exact) mass is 448 g/mol. The number of ether oxygens (including phenoxy) is 2. The molecule has 2 aromatic rings. The molecule has 0 spiro atoms. The maximum absolute atomic E-state index is 12.7. The van der Waals surface area contributed by atoms with Crippen LogP contribution in [-0.2, 0) is 10.9 Å². The smallest absolute Gasteiger partial charge is 0.417 e. The highest BCUT2D eigenvalue weighted by molar-refractivity contribution is 5.71. The van der Waals surface area contributed by atoms with Gasteiger partial charge < -0.3 is 14.4 Å². The second-order valence-corrected chi connectivity index (χ2v) is 8.71. The molecule has 0 radical (unpaired) electrons. The molecule has 1 aliphatic rings. The van der Waals surface area contributed by atoms with Gasteiger partial charge in [0.25, 0.3) is 0 Å². The van der Waals surface area contributed by atoms with Gasteiger partial charge in [0.05, 0.1) is 5.56 Å². The van der Waals surface area contributed by atoms with Gasteiger partial charge in [-0.3, -0.25) is 0 Å². The number of allylic oxidation sites excluding steroid dienone is 1. The van der Waals surface area contributed by atoms with Gasteiger partial charge in [-0.2, -0.15) is 13.2 Å². The number of hydrogen-bond acceptors (Lipinski definition) is 4. The molecule has 0 aliphatic carbocycles. The van der Waals surface area contributed by atoms with Crippen molar-refractivity contribution in [2.24, 2.45) is 0 Å². The first-order valence-electron chi connectivity index (χ1n) is 10.4. The number of alkyl halides is 3. The molecule has 8 heteroatoms. The summed E-state index contributed by atoms with van der Waals surface area (Å²) in [5.74, 6) is 0.576. The van der Waals surface area contributed by atoms with Gasteiger partial charge in [0.1, 0.15) is 11.4 Å². The molecule has 1 aromatic carbocycles. The van der Waals surface area contributed by atoms with E-state index in [-0.39, 0.29) is 12.0 Å². The standard InChI is InChI=1S/C24H27F3N2O3/c1-16(17-10-12-29(13-11-17)22(30)32-23(2,3)4)18-6-5-7-20(14-18)31-21-9-8-19(15-28-21)24(25,26)27/h5-9,14-15H,10-13H2,1-4H3. The summed E-state index contributed by atoms with van der Waals surface area (Å²) in [6.45, 7) is 8.74. The summed E-state index contributed by atoms with van der Waals surface area (Å²) in [5, 5.41) is 0. The third-order valence-corrected chi connectivity index (χ3v) is 5.10. The van der Waals surface area contributed by atoms with Gasteiger partial charge in [-0.05, 0) is 69.9 Å². The zero-order valence-electron chi connectivity index (χ0n) is 18.6. The van der Waals surface area contributed by atoms with Crippen LogP contribution in [0.25, 0.3) is 5.57 Å². The van der Waals surface area contributed by atoms with E-state index >= 15 is 0 Å². The fraction of sp³-hybridized carbons (Fsp3) is 0.417. The summed E-state index contributed by atoms with van der Waals surface area (Å²) in [7, 11) is 0. The van der Waals surface area contributed by atoms with Gasteiger partial charge >= 0.3 is 12.3 Å². The van der Waals surface area contributed by atoms with Crippen molar-refractivity contribution in [3.8, 4) is 11.6 Å². The van der Waals surface area contributed by atoms with Gasteiger partial charge in [0.15, 0.2) is 0 Å². The van der Waals surface area contributed by atoms with Crippen LogP contribution in [0, 0.1) is 0 Å². The number of pyridine rings is 1. The van der Waals surface area contributed by atoms with E-state index in [2.05, 4.69) is 4.98 Å². The van der Waals surface area contributed by atoms with E-state index in [1.54, 1.807) is 11.0 Å². The summed E-state index contributed by atoms with van der Waals surface area (Å²) in [4.78, 5) is 17.7. The lowest BCUT2D eigenvalue weighted by Crippen LogP contribution is -2.40. The highest BCUT2D eigenvalue weighted by Gasteiger charge is 2.30. The molecule has 172 valence electrons. The second-order valence-electron chi connectivity index (χ2n) is 8.71. The minimum absolute atomic E-state index is 0.0890. The molecule has 0 bridgehead atoms. The highest BCUT2D eigenvalue weighted by Crippen LogP contribution is 2.32. The maximum Gasteiger partial charge on any atom is 0.417 e. The lowest BCUT2D eigenvalue weighted by Gasteiger charge is -2.31. The lowest BCUT2D eigenvalue weighted by atomic mass is 9.94. The van der Waals surface area contributed by atoms with E-state index in [0.29, 0.717) is 18.8 Å². The average molecular weight is 448 g/mol. The summed E-state index contributed by atoms with van der Waals surface area (Å²) in [6.07, 6.45) is -2.49. The summed E-state index contributed by atoms with van der Waals surface area (Å²) < 4.78 is 49.2. The normalized spacial score (nSPS) is 14.8. The van der Waals surface area contributed by atoms with Crippen molar-refractivity contribution in [3.63, 3.8) is 0 Å². The molecule has 2 heterocycles. The van der Waals surface area contributed by atoms with E-state index in [0.717, 1.165) is 36.2 Å². The quantitative estimate of drug-likeness (QED) is 0.524. The Bertz CT molecular complexity index is 983. The summed E-state index contributed by atoms with van der Waals surface area (Å²) >= 11 is 0. The Morgan fingerprint density at radius 1 is 1.06 bits per heavy atom. The van der Waals surface area contributed by atoms with Gasteiger partial charge in [0, 0.05) is 25.4 Å². The van der Waals surface area contributed by atoms with Crippen molar-refractivity contribution in [3.05, 3.63) is 59.3 Å². The van der Waals surface area contributed by atoms with Crippen molar-refractivity contribution in [2.45, 2.75) is 52.3 Å². The van der Waals surface area contributed by atoms with Crippen LogP contribution in [0.15, 0.2) is 48.2 Å². The summed E-state index contributed by atoms with van der Waals surface area (Å²) in [6, 6.07) is 9.49. The van der Waals surface area contributed by atoms with E-state index in [1.165, 1.54) is 11.6 Å². The maximum atomic E-state index is 12.7. The predicted molar refractivity (Wildman–Crippen MR) is 115 cm³/mol. The first-order chi connectivity index (χ1) is 14.9. The van der Waals surface area contributed by atoms with Gasteiger partial charge in [-0.25, -0.2) is 9.78 Å². The first-order valence-corrected chi connectivity index (χ1v) is 10.4. The number of rotatable bonds is 3. The highest BCUT2D eigenvalue weighted by atomic mass is 19.4. The van der Waals surface area contributed by atoms with Crippen molar-refractivity contribution in [2.75, 3.05) is 13.1 Å². The number of amides is 1. The average Bonchev–Trinajstić information content (AvgIpc) is 2.72. The number of aromatic nitrogens is 1. The molecule has 1 saturated heterocycles. The molecule has 0 N–H and O–H groups in total. The summed E-state index contributed by atoms with van der Waals surface area (Å²) in [5.41, 5.74) is 1.95. The molecule has 0 saturated carbocycles. The zero-order valence-corrected chi connectivity index (χ0v) is 18.6. The Morgan fingerprint density at radius 2 is 1.75 bits per heavy atom. The van der Waals surface area contributed by atoms with Gasteiger partial charge in [-0.1, -0.05) is 17.7 Å². The van der Waals surface area contributed by atoms with E-state index in [4.69, 9.17) is 9.47 Å². The van der Waals surface area contributed by atoms with Crippen molar-refractivity contribution in [1.29, 1.82) is 0 Å². The molecule has 1 aliphatic heterocycles. The van der Waals surface area contributed by atoms with Gasteiger partial charge in [-0.15, -0.1) is 0 Å². The van der Waals surface area contributed by atoms with Gasteiger partial charge in [0.2, 0.25) is 5.88 Å². The fourth-order valence-corrected chi connectivity index (χ4v) is 3.39. The van der Waals surface area contributed by atoms with E-state index in [1.807, 2.05) is 45.9 Å². The Balaban J connectivity index is 1.67. The van der Waals surface area contributed by atoms with Crippen LogP contribution in [0.5, 0.6) is 11.6 Å². The largest absolute Gasteiger partial charge is 0.444 e. The molecular weight excluding hydrogens is 421 g/mol. The molecular formula is C24H27F3N2O3. The molecule has 0 unspecified atom stereocenters. The van der Waals surface area contributed by atoms with Crippen LogP contribution < -0.4 is 4.74 Å². The SMILES string of the molecule is CC(=C1CCN(C(=O)OC(C)(C)C)CC1)c1cccc(Oc2ccc(C(F)(F)F)cn2)c1. The molecule has 3 rings (SSSR count). The van der Waals surface area contributed by atoms with Crippen LogP contribution in [0.4, 0.5) is 18.0 Å². The predicted octanol–water partition coefficient (Wildman–Crippen LogP) is 6.70. The molecule has 5 nitrogen and oxygen atoms in total. The second kappa shape index (κ2) is 9.22. The third kappa shape index (κ3) is 6.24. The first kappa shape index (κ1) is 23.6. The number of carbonyl (C=O) groups is 1. The fourth-order valence-electron chi connectivity index (χ4n) is 3.39. The molecule has 1 amide bonds. The van der Waals surface area contributed by atoms with Crippen molar-refractivity contribution in [1.82, 2.24) is 9.88 Å². The Morgan fingerprint density at radius 3 is 2.31 bits per heavy atom. The number of halogens is 3. The number of likely N-dealkylation sites (tertiary alicyclic amines) is 1. The van der Waals surface area contributed by atoms with Crippen LogP contribution in [0.3, 0.4) is 0 Å². The number of carbonyl (C=O) groups excluding carboxylic acids is 1. The minimum atomic E-state index is -4.44. The topological polar surface area (TPSA) is 51.7 Å². The van der Waals surface area contributed by atoms with Crippen LogP contribution in [0.2, 0.25) is 0 Å². The number of piperidine rings is 1. The molecule has 1 fully saturated rings. The van der Waals surface area contributed by atoms with E-state index < -0.39 is 17.3 Å². The van der Waals surface area contributed by atoms with E-state index in [9.17, 15) is 18.0 Å². The van der Waals surface area contributed by atoms with Crippen LogP contribution in [0.1, 0.15) is 51.7 Å². The van der Waals surface area contributed by atoms with Crippen LogP contribution in [-0.4, -0.2) is 34.7 Å². The Hall–Kier alpha value is -3.03. The third-order valence-electron chi connectivity index (χ3n) is 5.10. The molecule has 0 atom stereocenters. The number of hydrogen-bond donors (Lipinski definition) is 0. The Labute approximate surface area is 185 Å². The van der Waals surface area contributed by atoms with Crippen molar-refractivity contribution < 1.29 is 27.4 Å². The lowest BCUT2D eigenvalue weighted by molar-refractivity contribution is -0.137. The van der Waals surface area contributed by atoms with Crippen molar-refractivity contribution >= 4 is 11.7 Å². The molecule has 32 heavy (non-hydrogen) atoms. The van der Waals surface area contributed by atoms with Crippen LogP contribution >= 0.6 is 0 Å². The zero-order chi connectivity index (χ0) is 23.5. The Kier molecular flexibility index (Phi) is 6.81. The number of nitrogens with zero attached hydrogens (tertiary/aromatic N) is 2.